The highest BCUT2D eigenvalue weighted by Crippen LogP contribution is 2.19. The number of carbonyl (C=O) groups is 2. The molecule has 0 heterocycles. The van der Waals surface area contributed by atoms with Crippen molar-refractivity contribution >= 4 is 17.6 Å². The molecule has 3 amide bonds. The summed E-state index contributed by atoms with van der Waals surface area (Å²) < 4.78 is 26.8. The summed E-state index contributed by atoms with van der Waals surface area (Å²) in [6, 6.07) is 8.86. The van der Waals surface area contributed by atoms with Crippen molar-refractivity contribution in [3.8, 4) is 0 Å². The van der Waals surface area contributed by atoms with Crippen molar-refractivity contribution < 1.29 is 18.4 Å². The molecule has 0 fully saturated rings. The smallest absolute Gasteiger partial charge is 0.315 e. The second-order valence-electron chi connectivity index (χ2n) is 6.03. The van der Waals surface area contributed by atoms with Gasteiger partial charge in [-0.15, -0.1) is 0 Å². The van der Waals surface area contributed by atoms with Crippen LogP contribution in [-0.2, 0) is 4.79 Å². The van der Waals surface area contributed by atoms with Crippen molar-refractivity contribution in [2.24, 2.45) is 0 Å². The van der Waals surface area contributed by atoms with Crippen molar-refractivity contribution in [1.29, 1.82) is 0 Å². The van der Waals surface area contributed by atoms with E-state index in [2.05, 4.69) is 16.0 Å². The zero-order chi connectivity index (χ0) is 19.3. The highest BCUT2D eigenvalue weighted by molar-refractivity contribution is 5.88. The molecule has 0 saturated carbocycles. The molecular weight excluding hydrogens is 340 g/mol. The van der Waals surface area contributed by atoms with Crippen LogP contribution in [0.25, 0.3) is 0 Å². The molecule has 2 aromatic carbocycles. The van der Waals surface area contributed by atoms with Crippen LogP contribution in [0.2, 0.25) is 0 Å². The summed E-state index contributed by atoms with van der Waals surface area (Å²) >= 11 is 0. The Morgan fingerprint density at radius 2 is 1.65 bits per heavy atom. The van der Waals surface area contributed by atoms with Crippen molar-refractivity contribution in [3.05, 3.63) is 65.2 Å². The fourth-order valence-corrected chi connectivity index (χ4v) is 2.54. The van der Waals surface area contributed by atoms with Crippen molar-refractivity contribution in [2.45, 2.75) is 32.9 Å². The van der Waals surface area contributed by atoms with E-state index in [0.717, 1.165) is 17.7 Å². The molecule has 138 valence electrons. The number of halogens is 2. The van der Waals surface area contributed by atoms with E-state index in [1.807, 2.05) is 6.07 Å². The number of rotatable bonds is 5. The van der Waals surface area contributed by atoms with Gasteiger partial charge in [0.15, 0.2) is 0 Å². The minimum atomic E-state index is -0.714. The molecule has 0 aromatic heterocycles. The van der Waals surface area contributed by atoms with E-state index in [1.54, 1.807) is 32.0 Å². The van der Waals surface area contributed by atoms with Gasteiger partial charge in [-0.1, -0.05) is 18.2 Å². The molecule has 2 atom stereocenters. The lowest BCUT2D eigenvalue weighted by atomic mass is 10.1. The largest absolute Gasteiger partial charge is 0.332 e. The predicted octanol–water partition coefficient (Wildman–Crippen LogP) is 4.04. The Kier molecular flexibility index (Phi) is 6.27. The predicted molar refractivity (Wildman–Crippen MR) is 95.6 cm³/mol. The number of hydrogen-bond donors (Lipinski definition) is 3. The highest BCUT2D eigenvalue weighted by atomic mass is 19.1. The van der Waals surface area contributed by atoms with Gasteiger partial charge in [-0.25, -0.2) is 13.6 Å². The molecule has 0 radical (unpaired) electrons. The first-order valence-electron chi connectivity index (χ1n) is 8.16. The van der Waals surface area contributed by atoms with Crippen molar-refractivity contribution in [1.82, 2.24) is 10.6 Å². The van der Waals surface area contributed by atoms with Gasteiger partial charge in [0, 0.05) is 24.2 Å². The van der Waals surface area contributed by atoms with Crippen LogP contribution in [0.3, 0.4) is 0 Å². The molecule has 2 aromatic rings. The van der Waals surface area contributed by atoms with Crippen LogP contribution in [0.15, 0.2) is 42.5 Å². The molecule has 0 aliphatic rings. The standard InChI is InChI=1S/C19H21F2N3O2/c1-11(14-5-4-6-16(9-14)24-13(3)25)22-19(26)23-12(2)17-8-7-15(20)10-18(17)21/h4-12H,1-3H3,(H,24,25)(H2,22,23,26). The lowest BCUT2D eigenvalue weighted by molar-refractivity contribution is -0.114. The van der Waals surface area contributed by atoms with Gasteiger partial charge in [0.1, 0.15) is 11.6 Å². The minimum Gasteiger partial charge on any atom is -0.332 e. The van der Waals surface area contributed by atoms with Crippen LogP contribution >= 0.6 is 0 Å². The maximum atomic E-state index is 13.8. The zero-order valence-corrected chi connectivity index (χ0v) is 14.8. The Labute approximate surface area is 150 Å². The summed E-state index contributed by atoms with van der Waals surface area (Å²) in [5.74, 6) is -1.57. The Balaban J connectivity index is 1.99. The van der Waals surface area contributed by atoms with E-state index in [4.69, 9.17) is 0 Å². The second kappa shape index (κ2) is 8.42. The summed E-state index contributed by atoms with van der Waals surface area (Å²) in [5.41, 5.74) is 1.62. The van der Waals surface area contributed by atoms with Gasteiger partial charge in [-0.3, -0.25) is 4.79 Å². The summed E-state index contributed by atoms with van der Waals surface area (Å²) in [5, 5.41) is 8.05. The third-order valence-electron chi connectivity index (χ3n) is 3.83. The first kappa shape index (κ1) is 19.4. The van der Waals surface area contributed by atoms with Gasteiger partial charge in [-0.2, -0.15) is 0 Å². The van der Waals surface area contributed by atoms with Crippen LogP contribution in [-0.4, -0.2) is 11.9 Å². The zero-order valence-electron chi connectivity index (χ0n) is 14.8. The van der Waals surface area contributed by atoms with E-state index >= 15 is 0 Å². The Morgan fingerprint density at radius 3 is 2.31 bits per heavy atom. The molecule has 26 heavy (non-hydrogen) atoms. The monoisotopic (exact) mass is 361 g/mol. The van der Waals surface area contributed by atoms with Gasteiger partial charge < -0.3 is 16.0 Å². The van der Waals surface area contributed by atoms with E-state index < -0.39 is 23.7 Å². The molecule has 0 aliphatic carbocycles. The number of anilines is 1. The molecule has 0 spiro atoms. The molecular formula is C19H21F2N3O2. The fourth-order valence-electron chi connectivity index (χ4n) is 2.54. The van der Waals surface area contributed by atoms with Crippen LogP contribution < -0.4 is 16.0 Å². The van der Waals surface area contributed by atoms with Crippen LogP contribution in [0, 0.1) is 11.6 Å². The number of amides is 3. The van der Waals surface area contributed by atoms with Crippen LogP contribution in [0.1, 0.15) is 44.0 Å². The lowest BCUT2D eigenvalue weighted by Gasteiger charge is -2.19. The maximum Gasteiger partial charge on any atom is 0.315 e. The number of carbonyl (C=O) groups excluding carboxylic acids is 2. The SMILES string of the molecule is CC(=O)Nc1cccc(C(C)NC(=O)NC(C)c2ccc(F)cc2F)c1. The van der Waals surface area contributed by atoms with E-state index in [9.17, 15) is 18.4 Å². The van der Waals surface area contributed by atoms with Gasteiger partial charge >= 0.3 is 6.03 Å². The molecule has 7 heteroatoms. The first-order valence-corrected chi connectivity index (χ1v) is 8.16. The Morgan fingerprint density at radius 1 is 0.962 bits per heavy atom. The topological polar surface area (TPSA) is 70.2 Å². The van der Waals surface area contributed by atoms with E-state index in [1.165, 1.54) is 13.0 Å². The number of benzene rings is 2. The molecule has 2 unspecified atom stereocenters. The number of nitrogens with one attached hydrogen (secondary N) is 3. The average molecular weight is 361 g/mol. The van der Waals surface area contributed by atoms with Gasteiger partial charge in [0.2, 0.25) is 5.91 Å². The van der Waals surface area contributed by atoms with Crippen molar-refractivity contribution in [3.63, 3.8) is 0 Å². The number of urea groups is 1. The summed E-state index contributed by atoms with van der Waals surface area (Å²) in [7, 11) is 0. The highest BCUT2D eigenvalue weighted by Gasteiger charge is 2.16. The molecule has 0 aliphatic heterocycles. The van der Waals surface area contributed by atoms with Crippen LogP contribution in [0.4, 0.5) is 19.3 Å². The van der Waals surface area contributed by atoms with Crippen LogP contribution in [0.5, 0.6) is 0 Å². The molecule has 3 N–H and O–H groups in total. The Bertz CT molecular complexity index is 811. The second-order valence-corrected chi connectivity index (χ2v) is 6.03. The van der Waals surface area contributed by atoms with Crippen molar-refractivity contribution in [2.75, 3.05) is 5.32 Å². The first-order chi connectivity index (χ1) is 12.3. The lowest BCUT2D eigenvalue weighted by Crippen LogP contribution is -2.38. The minimum absolute atomic E-state index is 0.185. The van der Waals surface area contributed by atoms with Gasteiger partial charge in [0.25, 0.3) is 0 Å². The third-order valence-corrected chi connectivity index (χ3v) is 3.83. The quantitative estimate of drug-likeness (QED) is 0.752. The molecule has 0 bridgehead atoms. The summed E-state index contributed by atoms with van der Waals surface area (Å²) in [6.45, 7) is 4.81. The Hall–Kier alpha value is -2.96. The van der Waals surface area contributed by atoms with E-state index in [-0.39, 0.29) is 17.5 Å². The van der Waals surface area contributed by atoms with E-state index in [0.29, 0.717) is 5.69 Å². The normalized spacial score (nSPS) is 12.8. The molecule has 5 nitrogen and oxygen atoms in total. The molecule has 2 rings (SSSR count). The van der Waals surface area contributed by atoms with Gasteiger partial charge in [-0.05, 0) is 37.6 Å². The summed E-state index contributed by atoms with van der Waals surface area (Å²) in [4.78, 5) is 23.3. The average Bonchev–Trinajstić information content (AvgIpc) is 2.54. The summed E-state index contributed by atoms with van der Waals surface area (Å²) in [6.07, 6.45) is 0. The third kappa shape index (κ3) is 5.27. The fraction of sp³-hybridized carbons (Fsp3) is 0.263. The molecule has 0 saturated heterocycles. The van der Waals surface area contributed by atoms with Gasteiger partial charge in [0.05, 0.1) is 12.1 Å². The maximum absolute atomic E-state index is 13.8. The number of hydrogen-bond acceptors (Lipinski definition) is 2.